The van der Waals surface area contributed by atoms with Gasteiger partial charge in [0, 0.05) is 12.1 Å². The second-order valence-electron chi connectivity index (χ2n) is 4.58. The van der Waals surface area contributed by atoms with E-state index >= 15 is 0 Å². The van der Waals surface area contributed by atoms with Crippen LogP contribution < -0.4 is 0 Å². The maximum Gasteiger partial charge on any atom is 0.282 e. The molecule has 1 aromatic heterocycles. The van der Waals surface area contributed by atoms with Gasteiger partial charge in [-0.2, -0.15) is 0 Å². The Bertz CT molecular complexity index is 780. The first-order chi connectivity index (χ1) is 9.99. The lowest BCUT2D eigenvalue weighted by molar-refractivity contribution is -0.385. The molecule has 0 radical (unpaired) electrons. The Labute approximate surface area is 118 Å². The van der Waals surface area contributed by atoms with Crippen LogP contribution in [-0.4, -0.2) is 26.8 Å². The summed E-state index contributed by atoms with van der Waals surface area (Å²) in [5.74, 6) is -0.713. The molecule has 1 aliphatic rings. The number of hydrogen-bond acceptors (Lipinski definition) is 6. The Morgan fingerprint density at radius 1 is 1.33 bits per heavy atom. The van der Waals surface area contributed by atoms with Gasteiger partial charge in [0.05, 0.1) is 17.0 Å². The predicted octanol–water partition coefficient (Wildman–Crippen LogP) is 1.69. The fourth-order valence-corrected chi connectivity index (χ4v) is 2.27. The topological polar surface area (TPSA) is 107 Å². The molecule has 0 N–H and O–H groups in total. The van der Waals surface area contributed by atoms with Crippen LogP contribution in [0.5, 0.6) is 0 Å². The third-order valence-corrected chi connectivity index (χ3v) is 3.17. The van der Waals surface area contributed by atoms with Gasteiger partial charge < -0.3 is 4.52 Å². The van der Waals surface area contributed by atoms with Gasteiger partial charge >= 0.3 is 0 Å². The van der Waals surface area contributed by atoms with Gasteiger partial charge in [-0.05, 0) is 13.0 Å². The normalized spacial score (nSPS) is 13.7. The van der Waals surface area contributed by atoms with Gasteiger partial charge in [-0.3, -0.25) is 24.6 Å². The second kappa shape index (κ2) is 4.51. The quantitative estimate of drug-likeness (QED) is 0.483. The van der Waals surface area contributed by atoms with Crippen molar-refractivity contribution >= 4 is 17.5 Å². The maximum atomic E-state index is 12.3. The van der Waals surface area contributed by atoms with Crippen LogP contribution in [0.15, 0.2) is 28.8 Å². The zero-order chi connectivity index (χ0) is 15.1. The summed E-state index contributed by atoms with van der Waals surface area (Å²) in [6.45, 7) is 1.60. The lowest BCUT2D eigenvalue weighted by Crippen LogP contribution is -2.29. The van der Waals surface area contributed by atoms with Gasteiger partial charge in [0.1, 0.15) is 17.0 Å². The maximum absolute atomic E-state index is 12.3. The van der Waals surface area contributed by atoms with Gasteiger partial charge in [0.15, 0.2) is 0 Å². The third-order valence-electron chi connectivity index (χ3n) is 3.17. The highest BCUT2D eigenvalue weighted by Gasteiger charge is 2.41. The van der Waals surface area contributed by atoms with Crippen molar-refractivity contribution in [1.29, 1.82) is 0 Å². The molecule has 0 saturated heterocycles. The summed E-state index contributed by atoms with van der Waals surface area (Å²) in [5.41, 5.74) is -0.100. The number of aromatic nitrogens is 1. The summed E-state index contributed by atoms with van der Waals surface area (Å²) in [5, 5.41) is 14.7. The molecule has 0 bridgehead atoms. The lowest BCUT2D eigenvalue weighted by atomic mass is 10.1. The van der Waals surface area contributed by atoms with Gasteiger partial charge in [0.2, 0.25) is 0 Å². The number of imide groups is 1. The number of fused-ring (bicyclic) bond motifs is 1. The van der Waals surface area contributed by atoms with E-state index in [1.807, 2.05) is 0 Å². The third kappa shape index (κ3) is 1.97. The van der Waals surface area contributed by atoms with E-state index in [1.54, 1.807) is 13.0 Å². The van der Waals surface area contributed by atoms with Crippen LogP contribution in [0.4, 0.5) is 5.69 Å². The number of carbonyl (C=O) groups excluding carboxylic acids is 2. The van der Waals surface area contributed by atoms with Crippen LogP contribution in [0.3, 0.4) is 0 Å². The Balaban J connectivity index is 2.01. The van der Waals surface area contributed by atoms with E-state index in [9.17, 15) is 19.7 Å². The Hall–Kier alpha value is -3.03. The molecule has 21 heavy (non-hydrogen) atoms. The number of nitrogens with zero attached hydrogens (tertiary/aromatic N) is 3. The average Bonchev–Trinajstić information content (AvgIpc) is 2.96. The van der Waals surface area contributed by atoms with Crippen molar-refractivity contribution in [2.24, 2.45) is 0 Å². The van der Waals surface area contributed by atoms with Crippen molar-refractivity contribution in [3.63, 3.8) is 0 Å². The molecule has 1 aliphatic heterocycles. The molecular formula is C13H9N3O5. The van der Waals surface area contributed by atoms with Crippen LogP contribution in [0.1, 0.15) is 32.2 Å². The summed E-state index contributed by atoms with van der Waals surface area (Å²) in [6, 6.07) is 5.58. The molecule has 2 amide bonds. The van der Waals surface area contributed by atoms with Crippen LogP contribution in [0.2, 0.25) is 0 Å². The van der Waals surface area contributed by atoms with E-state index in [2.05, 4.69) is 5.16 Å². The first-order valence-corrected chi connectivity index (χ1v) is 6.05. The zero-order valence-corrected chi connectivity index (χ0v) is 10.9. The lowest BCUT2D eigenvalue weighted by Gasteiger charge is -2.10. The molecule has 8 nitrogen and oxygen atoms in total. The van der Waals surface area contributed by atoms with Crippen LogP contribution in [0.25, 0.3) is 0 Å². The molecule has 2 heterocycles. The Kier molecular flexibility index (Phi) is 2.79. The number of rotatable bonds is 3. The van der Waals surface area contributed by atoms with Crippen LogP contribution >= 0.6 is 0 Å². The summed E-state index contributed by atoms with van der Waals surface area (Å²) in [6.07, 6.45) is 0. The molecule has 0 fully saturated rings. The van der Waals surface area contributed by atoms with E-state index in [4.69, 9.17) is 4.52 Å². The van der Waals surface area contributed by atoms with E-state index in [1.165, 1.54) is 18.2 Å². The van der Waals surface area contributed by atoms with Crippen molar-refractivity contribution in [3.05, 3.63) is 57.0 Å². The van der Waals surface area contributed by atoms with Gasteiger partial charge in [0.25, 0.3) is 17.5 Å². The average molecular weight is 287 g/mol. The van der Waals surface area contributed by atoms with Crippen LogP contribution in [0, 0.1) is 17.0 Å². The van der Waals surface area contributed by atoms with Crippen molar-refractivity contribution in [2.75, 3.05) is 0 Å². The number of amides is 2. The van der Waals surface area contributed by atoms with E-state index in [-0.39, 0.29) is 23.4 Å². The molecule has 0 aliphatic carbocycles. The Morgan fingerprint density at radius 3 is 2.71 bits per heavy atom. The molecule has 0 unspecified atom stereocenters. The number of benzene rings is 1. The van der Waals surface area contributed by atoms with Gasteiger partial charge in [-0.1, -0.05) is 11.2 Å². The minimum absolute atomic E-state index is 0.0365. The number of aryl methyl sites for hydroxylation is 1. The molecular weight excluding hydrogens is 278 g/mol. The molecule has 3 rings (SSSR count). The highest BCUT2D eigenvalue weighted by atomic mass is 16.6. The van der Waals surface area contributed by atoms with E-state index in [0.717, 1.165) is 4.90 Å². The minimum atomic E-state index is -0.692. The van der Waals surface area contributed by atoms with Crippen molar-refractivity contribution < 1.29 is 19.0 Å². The molecule has 8 heteroatoms. The molecule has 0 saturated carbocycles. The minimum Gasteiger partial charge on any atom is -0.361 e. The zero-order valence-electron chi connectivity index (χ0n) is 10.9. The smallest absolute Gasteiger partial charge is 0.282 e. The summed E-state index contributed by atoms with van der Waals surface area (Å²) in [7, 11) is 0. The standard InChI is InChI=1S/C13H9N3O5/c1-7-5-8(14-21-7)6-15-12(17)9-3-2-4-10(16(19)20)11(9)13(15)18/h2-5H,6H2,1H3. The van der Waals surface area contributed by atoms with E-state index in [0.29, 0.717) is 11.5 Å². The Morgan fingerprint density at radius 2 is 2.10 bits per heavy atom. The van der Waals surface area contributed by atoms with E-state index < -0.39 is 16.7 Å². The van der Waals surface area contributed by atoms with Crippen molar-refractivity contribution in [3.8, 4) is 0 Å². The molecule has 1 aromatic carbocycles. The summed E-state index contributed by atoms with van der Waals surface area (Å²) < 4.78 is 4.88. The first-order valence-electron chi connectivity index (χ1n) is 6.05. The fraction of sp³-hybridized carbons (Fsp3) is 0.154. The molecule has 0 spiro atoms. The van der Waals surface area contributed by atoms with Gasteiger partial charge in [-0.25, -0.2) is 0 Å². The monoisotopic (exact) mass is 287 g/mol. The highest BCUT2D eigenvalue weighted by molar-refractivity contribution is 6.23. The molecule has 106 valence electrons. The van der Waals surface area contributed by atoms with Crippen LogP contribution in [-0.2, 0) is 6.54 Å². The highest BCUT2D eigenvalue weighted by Crippen LogP contribution is 2.31. The van der Waals surface area contributed by atoms with Crippen molar-refractivity contribution in [1.82, 2.24) is 10.1 Å². The first kappa shape index (κ1) is 13.0. The number of carbonyl (C=O) groups is 2. The number of nitro groups is 1. The largest absolute Gasteiger partial charge is 0.361 e. The van der Waals surface area contributed by atoms with Gasteiger partial charge in [-0.15, -0.1) is 0 Å². The number of hydrogen-bond donors (Lipinski definition) is 0. The molecule has 2 aromatic rings. The second-order valence-corrected chi connectivity index (χ2v) is 4.58. The summed E-state index contributed by atoms with van der Waals surface area (Å²) >= 11 is 0. The SMILES string of the molecule is Cc1cc(CN2C(=O)c3cccc([N+](=O)[O-])c3C2=O)no1. The predicted molar refractivity (Wildman–Crippen MR) is 68.5 cm³/mol. The molecule has 0 atom stereocenters. The summed E-state index contributed by atoms with van der Waals surface area (Å²) in [4.78, 5) is 35.7. The number of nitro benzene ring substituents is 1. The fourth-order valence-electron chi connectivity index (χ4n) is 2.27. The van der Waals surface area contributed by atoms with Crippen molar-refractivity contribution in [2.45, 2.75) is 13.5 Å².